The molecule has 0 heterocycles. The van der Waals surface area contributed by atoms with Crippen molar-refractivity contribution in [3.63, 3.8) is 0 Å². The van der Waals surface area contributed by atoms with Crippen molar-refractivity contribution in [2.45, 2.75) is 72.1 Å². The number of unbranched alkanes of at least 4 members (excludes halogenated alkanes) is 1. The molecule has 0 bridgehead atoms. The summed E-state index contributed by atoms with van der Waals surface area (Å²) in [6.45, 7) is 6.54. The third-order valence-corrected chi connectivity index (χ3v) is 6.05. The van der Waals surface area contributed by atoms with Gasteiger partial charge in [-0.15, -0.1) is 0 Å². The molecule has 0 N–H and O–H groups in total. The standard InChI is InChI=1S/C21H29FO/c1-5-7-10-21-11-8-9-15(6-2)19(21)16-12-18(22)20(23-4)14(3)17(16)13-21/h12H,5-11,13H2,1-4H3. The van der Waals surface area contributed by atoms with E-state index in [1.807, 2.05) is 6.92 Å². The van der Waals surface area contributed by atoms with Gasteiger partial charge >= 0.3 is 0 Å². The van der Waals surface area contributed by atoms with E-state index in [0.29, 0.717) is 5.75 Å². The van der Waals surface area contributed by atoms with Gasteiger partial charge in [0.25, 0.3) is 0 Å². The molecule has 0 radical (unpaired) electrons. The fourth-order valence-corrected chi connectivity index (χ4v) is 4.96. The van der Waals surface area contributed by atoms with Crippen LogP contribution < -0.4 is 4.74 Å². The highest BCUT2D eigenvalue weighted by atomic mass is 19.1. The van der Waals surface area contributed by atoms with Gasteiger partial charge in [-0.25, -0.2) is 4.39 Å². The van der Waals surface area contributed by atoms with Gasteiger partial charge in [-0.1, -0.05) is 32.3 Å². The molecule has 0 aromatic heterocycles. The van der Waals surface area contributed by atoms with Crippen LogP contribution >= 0.6 is 0 Å². The van der Waals surface area contributed by atoms with E-state index in [1.54, 1.807) is 18.7 Å². The Hall–Kier alpha value is -1.31. The minimum absolute atomic E-state index is 0.205. The molecule has 1 unspecified atom stereocenters. The van der Waals surface area contributed by atoms with Crippen LogP contribution in [-0.4, -0.2) is 7.11 Å². The van der Waals surface area contributed by atoms with Gasteiger partial charge in [0.05, 0.1) is 7.11 Å². The van der Waals surface area contributed by atoms with E-state index in [-0.39, 0.29) is 11.2 Å². The van der Waals surface area contributed by atoms with E-state index >= 15 is 0 Å². The monoisotopic (exact) mass is 316 g/mol. The first-order chi connectivity index (χ1) is 11.1. The Balaban J connectivity index is 2.20. The molecule has 126 valence electrons. The fraction of sp³-hybridized carbons (Fsp3) is 0.619. The smallest absolute Gasteiger partial charge is 0.165 e. The molecule has 0 aliphatic heterocycles. The van der Waals surface area contributed by atoms with Crippen molar-refractivity contribution in [2.75, 3.05) is 7.11 Å². The number of ether oxygens (including phenoxy) is 1. The van der Waals surface area contributed by atoms with Crippen LogP contribution in [0.3, 0.4) is 0 Å². The van der Waals surface area contributed by atoms with Crippen molar-refractivity contribution in [1.29, 1.82) is 0 Å². The van der Waals surface area contributed by atoms with Crippen LogP contribution in [0.2, 0.25) is 0 Å². The number of hydrogen-bond donors (Lipinski definition) is 0. The lowest BCUT2D eigenvalue weighted by molar-refractivity contribution is 0.313. The zero-order valence-corrected chi connectivity index (χ0v) is 15.0. The lowest BCUT2D eigenvalue weighted by atomic mass is 9.67. The molecule has 0 amide bonds. The first-order valence-corrected chi connectivity index (χ1v) is 9.16. The van der Waals surface area contributed by atoms with Crippen molar-refractivity contribution in [3.05, 3.63) is 34.1 Å². The summed E-state index contributed by atoms with van der Waals surface area (Å²) >= 11 is 0. The highest BCUT2D eigenvalue weighted by molar-refractivity contribution is 5.82. The number of allylic oxidation sites excluding steroid dienone is 2. The summed E-state index contributed by atoms with van der Waals surface area (Å²) in [5, 5.41) is 0. The number of halogens is 1. The maximum absolute atomic E-state index is 14.5. The molecular weight excluding hydrogens is 287 g/mol. The van der Waals surface area contributed by atoms with Gasteiger partial charge in [-0.2, -0.15) is 0 Å². The summed E-state index contributed by atoms with van der Waals surface area (Å²) in [6, 6.07) is 1.76. The van der Waals surface area contributed by atoms with E-state index in [4.69, 9.17) is 4.74 Å². The molecule has 3 rings (SSSR count). The van der Waals surface area contributed by atoms with E-state index in [2.05, 4.69) is 13.8 Å². The molecule has 1 aromatic rings. The summed E-state index contributed by atoms with van der Waals surface area (Å²) in [5.74, 6) is 0.232. The summed E-state index contributed by atoms with van der Waals surface area (Å²) in [7, 11) is 1.57. The topological polar surface area (TPSA) is 9.23 Å². The van der Waals surface area contributed by atoms with Crippen molar-refractivity contribution < 1.29 is 9.13 Å². The summed E-state index contributed by atoms with van der Waals surface area (Å²) in [5.41, 5.74) is 6.85. The largest absolute Gasteiger partial charge is 0.493 e. The molecule has 0 saturated carbocycles. The van der Waals surface area contributed by atoms with Crippen molar-refractivity contribution >= 4 is 5.57 Å². The summed E-state index contributed by atoms with van der Waals surface area (Å²) in [4.78, 5) is 0. The van der Waals surface area contributed by atoms with E-state index < -0.39 is 0 Å². The average Bonchev–Trinajstić information content (AvgIpc) is 2.88. The van der Waals surface area contributed by atoms with Crippen LogP contribution in [0, 0.1) is 18.2 Å². The van der Waals surface area contributed by atoms with Crippen molar-refractivity contribution in [1.82, 2.24) is 0 Å². The van der Waals surface area contributed by atoms with Gasteiger partial charge in [-0.05, 0) is 79.2 Å². The first-order valence-electron chi connectivity index (χ1n) is 9.16. The lowest BCUT2D eigenvalue weighted by Crippen LogP contribution is -2.24. The van der Waals surface area contributed by atoms with Crippen LogP contribution in [-0.2, 0) is 6.42 Å². The molecule has 2 aliphatic rings. The van der Waals surface area contributed by atoms with Crippen molar-refractivity contribution in [2.24, 2.45) is 5.41 Å². The quantitative estimate of drug-likeness (QED) is 0.626. The van der Waals surface area contributed by atoms with Crippen LogP contribution in [0.25, 0.3) is 5.57 Å². The number of fused-ring (bicyclic) bond motifs is 3. The van der Waals surface area contributed by atoms with E-state index in [9.17, 15) is 4.39 Å². The third kappa shape index (κ3) is 2.51. The Bertz CT molecular complexity index is 644. The highest BCUT2D eigenvalue weighted by Crippen LogP contribution is 2.58. The van der Waals surface area contributed by atoms with Gasteiger partial charge in [0.2, 0.25) is 0 Å². The normalized spacial score (nSPS) is 23.0. The second kappa shape index (κ2) is 6.30. The number of rotatable bonds is 5. The first kappa shape index (κ1) is 16.5. The van der Waals surface area contributed by atoms with Gasteiger partial charge in [-0.3, -0.25) is 0 Å². The second-order valence-corrected chi connectivity index (χ2v) is 7.29. The van der Waals surface area contributed by atoms with Crippen LogP contribution in [0.5, 0.6) is 5.75 Å². The number of methoxy groups -OCH3 is 1. The maximum atomic E-state index is 14.5. The predicted octanol–water partition coefficient (Wildman–Crippen LogP) is 6.22. The lowest BCUT2D eigenvalue weighted by Gasteiger charge is -2.37. The Morgan fingerprint density at radius 2 is 2.09 bits per heavy atom. The summed E-state index contributed by atoms with van der Waals surface area (Å²) in [6.07, 6.45) is 9.61. The molecule has 0 saturated heterocycles. The molecule has 1 nitrogen and oxygen atoms in total. The second-order valence-electron chi connectivity index (χ2n) is 7.29. The Labute approximate surface area is 139 Å². The SMILES string of the molecule is CCCCC12CCCC(CC)=C1c1cc(F)c(OC)c(C)c1C2. The molecule has 2 aliphatic carbocycles. The zero-order valence-electron chi connectivity index (χ0n) is 15.0. The minimum atomic E-state index is -0.205. The van der Waals surface area contributed by atoms with E-state index in [1.165, 1.54) is 55.2 Å². The molecule has 1 atom stereocenters. The Morgan fingerprint density at radius 1 is 1.30 bits per heavy atom. The maximum Gasteiger partial charge on any atom is 0.165 e. The van der Waals surface area contributed by atoms with Gasteiger partial charge in [0, 0.05) is 0 Å². The Morgan fingerprint density at radius 3 is 2.74 bits per heavy atom. The van der Waals surface area contributed by atoms with Crippen LogP contribution in [0.1, 0.15) is 75.5 Å². The van der Waals surface area contributed by atoms with Gasteiger partial charge in [0.15, 0.2) is 11.6 Å². The molecule has 0 spiro atoms. The Kier molecular flexibility index (Phi) is 4.53. The van der Waals surface area contributed by atoms with Crippen molar-refractivity contribution in [3.8, 4) is 5.75 Å². The number of benzene rings is 1. The highest BCUT2D eigenvalue weighted by Gasteiger charge is 2.45. The predicted molar refractivity (Wildman–Crippen MR) is 94.4 cm³/mol. The molecule has 0 fully saturated rings. The third-order valence-electron chi connectivity index (χ3n) is 6.05. The molecular formula is C21H29FO. The van der Waals surface area contributed by atoms with Crippen LogP contribution in [0.15, 0.2) is 11.6 Å². The minimum Gasteiger partial charge on any atom is -0.493 e. The van der Waals surface area contributed by atoms with E-state index in [0.717, 1.165) is 18.4 Å². The molecule has 2 heteroatoms. The average molecular weight is 316 g/mol. The van der Waals surface area contributed by atoms with Crippen LogP contribution in [0.4, 0.5) is 4.39 Å². The molecule has 23 heavy (non-hydrogen) atoms. The fourth-order valence-electron chi connectivity index (χ4n) is 4.96. The summed E-state index contributed by atoms with van der Waals surface area (Å²) < 4.78 is 19.9. The zero-order chi connectivity index (χ0) is 16.6. The molecule has 1 aromatic carbocycles. The number of hydrogen-bond acceptors (Lipinski definition) is 1. The van der Waals surface area contributed by atoms with Gasteiger partial charge < -0.3 is 4.74 Å². The van der Waals surface area contributed by atoms with Gasteiger partial charge in [0.1, 0.15) is 0 Å².